The van der Waals surface area contributed by atoms with E-state index in [9.17, 15) is 0 Å². The number of hydrogen-bond donors (Lipinski definition) is 0. The fourth-order valence-electron chi connectivity index (χ4n) is 2.16. The lowest BCUT2D eigenvalue weighted by atomic mass is 10.1. The molecule has 0 fully saturated rings. The lowest BCUT2D eigenvalue weighted by Crippen LogP contribution is -1.69. The Morgan fingerprint density at radius 1 is 1.11 bits per heavy atom. The van der Waals surface area contributed by atoms with Gasteiger partial charge in [0.25, 0.3) is 0 Å². The van der Waals surface area contributed by atoms with Crippen molar-refractivity contribution < 1.29 is 4.42 Å². The fourth-order valence-corrected chi connectivity index (χ4v) is 3.42. The first kappa shape index (κ1) is 10.6. The minimum atomic E-state index is 0.542. The Bertz CT molecular complexity index is 909. The molecule has 0 saturated heterocycles. The van der Waals surface area contributed by atoms with Crippen LogP contribution >= 0.6 is 34.5 Å². The monoisotopic (exact) mass is 293 g/mol. The SMILES string of the molecule is Clc1nc2cc3oc4c(Cl)cccc4c3cc2s1. The van der Waals surface area contributed by atoms with Crippen LogP contribution in [0.1, 0.15) is 0 Å². The van der Waals surface area contributed by atoms with E-state index in [1.165, 1.54) is 11.3 Å². The van der Waals surface area contributed by atoms with Crippen LogP contribution in [0.3, 0.4) is 0 Å². The van der Waals surface area contributed by atoms with E-state index < -0.39 is 0 Å². The van der Waals surface area contributed by atoms with Gasteiger partial charge >= 0.3 is 0 Å². The largest absolute Gasteiger partial charge is 0.454 e. The molecule has 0 bridgehead atoms. The molecule has 88 valence electrons. The second-order valence-corrected chi connectivity index (χ2v) is 6.02. The Morgan fingerprint density at radius 3 is 2.89 bits per heavy atom. The molecule has 18 heavy (non-hydrogen) atoms. The minimum Gasteiger partial charge on any atom is -0.454 e. The van der Waals surface area contributed by atoms with Gasteiger partial charge in [-0.15, -0.1) is 11.3 Å². The zero-order valence-electron chi connectivity index (χ0n) is 8.91. The molecule has 0 aliphatic rings. The van der Waals surface area contributed by atoms with Crippen LogP contribution in [0.5, 0.6) is 0 Å². The van der Waals surface area contributed by atoms with Gasteiger partial charge in [0.2, 0.25) is 0 Å². The molecule has 0 unspecified atom stereocenters. The topological polar surface area (TPSA) is 26.0 Å². The Morgan fingerprint density at radius 2 is 2.00 bits per heavy atom. The molecule has 2 aromatic carbocycles. The molecule has 0 spiro atoms. The molecule has 2 aromatic heterocycles. The van der Waals surface area contributed by atoms with Gasteiger partial charge in [0.05, 0.1) is 15.2 Å². The Balaban J connectivity index is 2.25. The number of aromatic nitrogens is 1. The molecular weight excluding hydrogens is 289 g/mol. The van der Waals surface area contributed by atoms with Gasteiger partial charge in [-0.25, -0.2) is 4.98 Å². The first-order valence-electron chi connectivity index (χ1n) is 5.29. The Hall–Kier alpha value is -1.29. The van der Waals surface area contributed by atoms with Gasteiger partial charge in [-0.3, -0.25) is 0 Å². The predicted octanol–water partition coefficient (Wildman–Crippen LogP) is 5.50. The number of hydrogen-bond acceptors (Lipinski definition) is 3. The smallest absolute Gasteiger partial charge is 0.184 e. The number of rotatable bonds is 0. The third-order valence-electron chi connectivity index (χ3n) is 2.93. The average Bonchev–Trinajstić information content (AvgIpc) is 2.86. The van der Waals surface area contributed by atoms with Crippen molar-refractivity contribution >= 4 is 66.7 Å². The highest BCUT2D eigenvalue weighted by Gasteiger charge is 2.12. The lowest BCUT2D eigenvalue weighted by Gasteiger charge is -1.90. The third kappa shape index (κ3) is 1.38. The highest BCUT2D eigenvalue weighted by atomic mass is 35.5. The summed E-state index contributed by atoms with van der Waals surface area (Å²) in [6.45, 7) is 0. The first-order chi connectivity index (χ1) is 8.72. The minimum absolute atomic E-state index is 0.542. The second-order valence-electron chi connectivity index (χ2n) is 4.00. The number of thiazole rings is 1. The molecule has 2 heterocycles. The van der Waals surface area contributed by atoms with Crippen molar-refractivity contribution in [1.29, 1.82) is 0 Å². The summed E-state index contributed by atoms with van der Waals surface area (Å²) < 4.78 is 7.38. The number of nitrogens with zero attached hydrogens (tertiary/aromatic N) is 1. The number of furan rings is 1. The zero-order valence-corrected chi connectivity index (χ0v) is 11.2. The number of halogens is 2. The van der Waals surface area contributed by atoms with E-state index in [4.69, 9.17) is 27.6 Å². The Kier molecular flexibility index (Phi) is 2.13. The summed E-state index contributed by atoms with van der Waals surface area (Å²) in [6, 6.07) is 9.70. The fraction of sp³-hybridized carbons (Fsp3) is 0. The molecular formula is C13H5Cl2NOS. The van der Waals surface area contributed by atoms with Crippen LogP contribution in [-0.2, 0) is 0 Å². The molecule has 2 nitrogen and oxygen atoms in total. The summed E-state index contributed by atoms with van der Waals surface area (Å²) in [5.41, 5.74) is 2.36. The number of para-hydroxylation sites is 1. The highest BCUT2D eigenvalue weighted by molar-refractivity contribution is 7.22. The van der Waals surface area contributed by atoms with Crippen molar-refractivity contribution in [3.8, 4) is 0 Å². The molecule has 0 saturated carbocycles. The van der Waals surface area contributed by atoms with Crippen molar-refractivity contribution in [3.63, 3.8) is 0 Å². The lowest BCUT2D eigenvalue weighted by molar-refractivity contribution is 0.669. The molecule has 0 N–H and O–H groups in total. The summed E-state index contributed by atoms with van der Waals surface area (Å²) in [5.74, 6) is 0. The van der Waals surface area contributed by atoms with Gasteiger partial charge in [0.15, 0.2) is 10.0 Å². The van der Waals surface area contributed by atoms with E-state index in [0.717, 1.165) is 32.2 Å². The van der Waals surface area contributed by atoms with Crippen LogP contribution in [0.2, 0.25) is 9.49 Å². The maximum Gasteiger partial charge on any atom is 0.184 e. The highest BCUT2D eigenvalue weighted by Crippen LogP contribution is 2.37. The summed E-state index contributed by atoms with van der Waals surface area (Å²) in [4.78, 5) is 4.25. The normalized spacial score (nSPS) is 11.9. The van der Waals surface area contributed by atoms with Crippen molar-refractivity contribution in [2.24, 2.45) is 0 Å². The standard InChI is InChI=1S/C13H5Cl2NOS/c14-8-3-1-2-6-7-4-11-9(16-13(15)18-11)5-10(7)17-12(6)8/h1-5H. The van der Waals surface area contributed by atoms with E-state index in [2.05, 4.69) is 11.1 Å². The van der Waals surface area contributed by atoms with Gasteiger partial charge in [-0.2, -0.15) is 0 Å². The third-order valence-corrected chi connectivity index (χ3v) is 4.35. The van der Waals surface area contributed by atoms with Crippen LogP contribution < -0.4 is 0 Å². The maximum atomic E-state index is 6.13. The summed E-state index contributed by atoms with van der Waals surface area (Å²) in [6.07, 6.45) is 0. The molecule has 0 atom stereocenters. The second kappa shape index (κ2) is 3.60. The summed E-state index contributed by atoms with van der Waals surface area (Å²) in [5, 5.41) is 2.68. The first-order valence-corrected chi connectivity index (χ1v) is 6.86. The van der Waals surface area contributed by atoms with Crippen molar-refractivity contribution in [2.75, 3.05) is 0 Å². The van der Waals surface area contributed by atoms with Crippen LogP contribution in [0, 0.1) is 0 Å². The van der Waals surface area contributed by atoms with Gasteiger partial charge < -0.3 is 4.42 Å². The predicted molar refractivity (Wildman–Crippen MR) is 76.9 cm³/mol. The molecule has 5 heteroatoms. The van der Waals surface area contributed by atoms with E-state index in [-0.39, 0.29) is 0 Å². The van der Waals surface area contributed by atoms with Crippen molar-refractivity contribution in [1.82, 2.24) is 4.98 Å². The molecule has 0 amide bonds. The average molecular weight is 294 g/mol. The van der Waals surface area contributed by atoms with Gasteiger partial charge in [0, 0.05) is 16.8 Å². The molecule has 0 radical (unpaired) electrons. The van der Waals surface area contributed by atoms with E-state index in [0.29, 0.717) is 9.49 Å². The number of fused-ring (bicyclic) bond motifs is 4. The maximum absolute atomic E-state index is 6.13. The van der Waals surface area contributed by atoms with Crippen molar-refractivity contribution in [2.45, 2.75) is 0 Å². The molecule has 4 rings (SSSR count). The zero-order chi connectivity index (χ0) is 12.3. The van der Waals surface area contributed by atoms with Crippen LogP contribution in [0.15, 0.2) is 34.7 Å². The van der Waals surface area contributed by atoms with Gasteiger partial charge in [-0.05, 0) is 12.1 Å². The number of benzene rings is 2. The molecule has 4 aromatic rings. The van der Waals surface area contributed by atoms with E-state index in [1.54, 1.807) is 0 Å². The quantitative estimate of drug-likeness (QED) is 0.428. The van der Waals surface area contributed by atoms with E-state index >= 15 is 0 Å². The van der Waals surface area contributed by atoms with E-state index in [1.807, 2.05) is 24.3 Å². The van der Waals surface area contributed by atoms with Crippen molar-refractivity contribution in [3.05, 3.63) is 39.8 Å². The molecule has 0 aliphatic carbocycles. The van der Waals surface area contributed by atoms with Gasteiger partial charge in [-0.1, -0.05) is 35.3 Å². The van der Waals surface area contributed by atoms with Crippen LogP contribution in [-0.4, -0.2) is 4.98 Å². The van der Waals surface area contributed by atoms with Crippen LogP contribution in [0.4, 0.5) is 0 Å². The molecule has 0 aliphatic heterocycles. The Labute approximate surface area is 116 Å². The van der Waals surface area contributed by atoms with Gasteiger partial charge in [0.1, 0.15) is 5.58 Å². The summed E-state index contributed by atoms with van der Waals surface area (Å²) >= 11 is 13.5. The summed E-state index contributed by atoms with van der Waals surface area (Å²) in [7, 11) is 0. The van der Waals surface area contributed by atoms with Crippen LogP contribution in [0.25, 0.3) is 32.2 Å².